The lowest BCUT2D eigenvalue weighted by atomic mass is 10.0. The van der Waals surface area contributed by atoms with Crippen molar-refractivity contribution in [3.63, 3.8) is 0 Å². The first-order chi connectivity index (χ1) is 8.90. The maximum absolute atomic E-state index is 12.2. The monoisotopic (exact) mass is 288 g/mol. The number of nitrogens with zero attached hydrogens (tertiary/aromatic N) is 1. The second-order valence-corrected chi connectivity index (χ2v) is 6.37. The molecule has 0 bridgehead atoms. The van der Waals surface area contributed by atoms with E-state index >= 15 is 0 Å². The number of nitrogens with one attached hydrogen (secondary N) is 1. The fraction of sp³-hybridized carbons (Fsp3) is 0.750. The molecular weight excluding hydrogens is 268 g/mol. The lowest BCUT2D eigenvalue weighted by molar-refractivity contribution is -0.142. The Morgan fingerprint density at radius 1 is 1.63 bits per heavy atom. The molecule has 0 aromatic heterocycles. The summed E-state index contributed by atoms with van der Waals surface area (Å²) in [6.45, 7) is 2.23. The molecule has 2 unspecified atom stereocenters. The summed E-state index contributed by atoms with van der Waals surface area (Å²) in [4.78, 5) is 10.9. The van der Waals surface area contributed by atoms with Gasteiger partial charge in [0.1, 0.15) is 0 Å². The summed E-state index contributed by atoms with van der Waals surface area (Å²) in [5, 5.41) is 8.97. The Balaban J connectivity index is 2.71. The average Bonchev–Trinajstić information content (AvgIpc) is 2.38. The average molecular weight is 288 g/mol. The molecule has 0 amide bonds. The van der Waals surface area contributed by atoms with Crippen LogP contribution in [0.25, 0.3) is 0 Å². The van der Waals surface area contributed by atoms with Gasteiger partial charge in [0.05, 0.1) is 5.92 Å². The van der Waals surface area contributed by atoms with Gasteiger partial charge in [-0.2, -0.15) is 17.4 Å². The Morgan fingerprint density at radius 2 is 2.32 bits per heavy atom. The molecule has 2 atom stereocenters. The molecule has 0 aromatic carbocycles. The maximum Gasteiger partial charge on any atom is 0.307 e. The van der Waals surface area contributed by atoms with Gasteiger partial charge in [-0.15, -0.1) is 12.3 Å². The number of aliphatic carboxylic acids is 1. The van der Waals surface area contributed by atoms with Crippen LogP contribution in [-0.4, -0.2) is 42.9 Å². The number of terminal acetylenes is 1. The summed E-state index contributed by atoms with van der Waals surface area (Å²) >= 11 is 0. The van der Waals surface area contributed by atoms with Gasteiger partial charge in [0.2, 0.25) is 0 Å². The van der Waals surface area contributed by atoms with Gasteiger partial charge in [-0.3, -0.25) is 4.79 Å². The summed E-state index contributed by atoms with van der Waals surface area (Å²) in [5.41, 5.74) is 0. The summed E-state index contributed by atoms with van der Waals surface area (Å²) in [6.07, 6.45) is 7.19. The molecule has 0 spiro atoms. The number of rotatable bonds is 6. The minimum atomic E-state index is -3.66. The van der Waals surface area contributed by atoms with Crippen LogP contribution >= 0.6 is 0 Å². The molecule has 0 aliphatic carbocycles. The standard InChI is InChI=1S/C12H20N2O4S/c1-3-6-11(4-2)13-19(17,18)14-8-5-7-10(9-14)12(15)16/h1,10-11,13H,4-9H2,2H3,(H,15,16). The van der Waals surface area contributed by atoms with E-state index in [2.05, 4.69) is 10.6 Å². The van der Waals surface area contributed by atoms with Crippen molar-refractivity contribution in [2.75, 3.05) is 13.1 Å². The number of carbonyl (C=O) groups is 1. The van der Waals surface area contributed by atoms with Crippen LogP contribution in [0.1, 0.15) is 32.6 Å². The molecule has 1 rings (SSSR count). The first-order valence-corrected chi connectivity index (χ1v) is 7.78. The largest absolute Gasteiger partial charge is 0.481 e. The third kappa shape index (κ3) is 4.49. The van der Waals surface area contributed by atoms with Crippen molar-refractivity contribution in [1.29, 1.82) is 0 Å². The van der Waals surface area contributed by atoms with E-state index in [0.29, 0.717) is 32.2 Å². The zero-order valence-electron chi connectivity index (χ0n) is 11.0. The topological polar surface area (TPSA) is 86.7 Å². The Labute approximate surface area is 114 Å². The van der Waals surface area contributed by atoms with E-state index in [0.717, 1.165) is 0 Å². The first-order valence-electron chi connectivity index (χ1n) is 6.34. The van der Waals surface area contributed by atoms with Gasteiger partial charge in [0.15, 0.2) is 0 Å². The van der Waals surface area contributed by atoms with E-state index in [4.69, 9.17) is 11.5 Å². The van der Waals surface area contributed by atoms with Gasteiger partial charge < -0.3 is 5.11 Å². The molecule has 0 saturated carbocycles. The van der Waals surface area contributed by atoms with Crippen molar-refractivity contribution in [1.82, 2.24) is 9.03 Å². The maximum atomic E-state index is 12.2. The molecule has 0 radical (unpaired) electrons. The fourth-order valence-electron chi connectivity index (χ4n) is 2.06. The highest BCUT2D eigenvalue weighted by Crippen LogP contribution is 2.19. The van der Waals surface area contributed by atoms with Crippen molar-refractivity contribution in [2.45, 2.75) is 38.6 Å². The highest BCUT2D eigenvalue weighted by molar-refractivity contribution is 7.87. The Hall–Kier alpha value is -1.10. The second kappa shape index (κ2) is 6.89. The predicted molar refractivity (Wildman–Crippen MR) is 71.5 cm³/mol. The van der Waals surface area contributed by atoms with Crippen LogP contribution in [-0.2, 0) is 15.0 Å². The zero-order valence-corrected chi connectivity index (χ0v) is 11.8. The van der Waals surface area contributed by atoms with Crippen molar-refractivity contribution >= 4 is 16.2 Å². The van der Waals surface area contributed by atoms with Gasteiger partial charge >= 0.3 is 5.97 Å². The van der Waals surface area contributed by atoms with Gasteiger partial charge in [-0.1, -0.05) is 6.92 Å². The molecule has 7 heteroatoms. The first kappa shape index (κ1) is 16.0. The molecule has 1 saturated heterocycles. The zero-order chi connectivity index (χ0) is 14.5. The molecule has 2 N–H and O–H groups in total. The molecule has 1 fully saturated rings. The van der Waals surface area contributed by atoms with Crippen molar-refractivity contribution in [3.8, 4) is 12.3 Å². The molecule has 1 aliphatic rings. The van der Waals surface area contributed by atoms with E-state index in [9.17, 15) is 13.2 Å². The summed E-state index contributed by atoms with van der Waals surface area (Å²) in [5.74, 6) is 0.856. The third-order valence-electron chi connectivity index (χ3n) is 3.25. The fourth-order valence-corrected chi connectivity index (χ4v) is 3.63. The molecule has 1 heterocycles. The van der Waals surface area contributed by atoms with E-state index in [-0.39, 0.29) is 12.6 Å². The van der Waals surface area contributed by atoms with Crippen molar-refractivity contribution in [3.05, 3.63) is 0 Å². The van der Waals surface area contributed by atoms with E-state index in [1.165, 1.54) is 4.31 Å². The van der Waals surface area contributed by atoms with Crippen molar-refractivity contribution in [2.24, 2.45) is 5.92 Å². The van der Waals surface area contributed by atoms with Crippen LogP contribution in [0.4, 0.5) is 0 Å². The van der Waals surface area contributed by atoms with E-state index in [1.807, 2.05) is 6.92 Å². The van der Waals surface area contributed by atoms with Gasteiger partial charge in [-0.25, -0.2) is 0 Å². The predicted octanol–water partition coefficient (Wildman–Crippen LogP) is 0.419. The number of carboxylic acids is 1. The van der Waals surface area contributed by atoms with Crippen LogP contribution in [0.3, 0.4) is 0 Å². The second-order valence-electron chi connectivity index (χ2n) is 4.67. The van der Waals surface area contributed by atoms with Crippen LogP contribution in [0.2, 0.25) is 0 Å². The Kier molecular flexibility index (Phi) is 5.79. The minimum Gasteiger partial charge on any atom is -0.481 e. The summed E-state index contributed by atoms with van der Waals surface area (Å²) in [7, 11) is -3.66. The van der Waals surface area contributed by atoms with Gasteiger partial charge in [-0.05, 0) is 19.3 Å². The minimum absolute atomic E-state index is 0.0250. The Bertz CT molecular complexity index is 455. The molecule has 6 nitrogen and oxygen atoms in total. The smallest absolute Gasteiger partial charge is 0.307 e. The van der Waals surface area contributed by atoms with E-state index in [1.54, 1.807) is 0 Å². The lowest BCUT2D eigenvalue weighted by Gasteiger charge is -2.31. The molecule has 1 aliphatic heterocycles. The SMILES string of the molecule is C#CCC(CC)NS(=O)(=O)N1CCCC(C(=O)O)C1. The molecular formula is C12H20N2O4S. The van der Waals surface area contributed by atoms with E-state index < -0.39 is 22.1 Å². The number of piperidine rings is 1. The number of hydrogen-bond donors (Lipinski definition) is 2. The normalized spacial score (nSPS) is 22.6. The lowest BCUT2D eigenvalue weighted by Crippen LogP contribution is -2.49. The highest BCUT2D eigenvalue weighted by atomic mass is 32.2. The quantitative estimate of drug-likeness (QED) is 0.693. The summed E-state index contributed by atoms with van der Waals surface area (Å²) in [6, 6.07) is -0.305. The molecule has 19 heavy (non-hydrogen) atoms. The highest BCUT2D eigenvalue weighted by Gasteiger charge is 2.32. The van der Waals surface area contributed by atoms with Crippen LogP contribution in [0.5, 0.6) is 0 Å². The van der Waals surface area contributed by atoms with Crippen molar-refractivity contribution < 1.29 is 18.3 Å². The van der Waals surface area contributed by atoms with Crippen LogP contribution in [0, 0.1) is 18.3 Å². The van der Waals surface area contributed by atoms with Crippen LogP contribution < -0.4 is 4.72 Å². The number of carboxylic acid groups (broad SMARTS) is 1. The number of hydrogen-bond acceptors (Lipinski definition) is 3. The molecule has 0 aromatic rings. The van der Waals surface area contributed by atoms with Crippen LogP contribution in [0.15, 0.2) is 0 Å². The third-order valence-corrected chi connectivity index (χ3v) is 4.89. The Morgan fingerprint density at radius 3 is 2.84 bits per heavy atom. The van der Waals surface area contributed by atoms with Gasteiger partial charge in [0.25, 0.3) is 10.2 Å². The molecule has 108 valence electrons. The summed E-state index contributed by atoms with van der Waals surface area (Å²) < 4.78 is 28.0. The van der Waals surface area contributed by atoms with Gasteiger partial charge in [0, 0.05) is 25.6 Å².